The van der Waals surface area contributed by atoms with Crippen molar-refractivity contribution in [2.45, 2.75) is 13.8 Å². The van der Waals surface area contributed by atoms with Crippen molar-refractivity contribution in [2.24, 2.45) is 5.92 Å². The van der Waals surface area contributed by atoms with Gasteiger partial charge in [-0.3, -0.25) is 14.9 Å². The summed E-state index contributed by atoms with van der Waals surface area (Å²) in [4.78, 5) is 36.0. The topological polar surface area (TPSA) is 114 Å². The van der Waals surface area contributed by atoms with Gasteiger partial charge in [-0.1, -0.05) is 26.0 Å². The molecule has 160 valence electrons. The van der Waals surface area contributed by atoms with Crippen molar-refractivity contribution in [1.29, 1.82) is 0 Å². The lowest BCUT2D eigenvalue weighted by Crippen LogP contribution is -2.47. The van der Waals surface area contributed by atoms with Crippen LogP contribution in [0.3, 0.4) is 0 Å². The number of nitro benzene ring substituents is 1. The van der Waals surface area contributed by atoms with Gasteiger partial charge in [-0.15, -0.1) is 0 Å². The normalized spacial score (nSPS) is 14.0. The summed E-state index contributed by atoms with van der Waals surface area (Å²) in [5.41, 5.74) is 0.999. The summed E-state index contributed by atoms with van der Waals surface area (Å²) in [6, 6.07) is 6.74. The Balaban J connectivity index is 1.70. The van der Waals surface area contributed by atoms with Crippen LogP contribution in [0, 0.1) is 16.0 Å². The molecule has 3 rings (SSSR count). The first-order valence-corrected chi connectivity index (χ1v) is 9.83. The van der Waals surface area contributed by atoms with Gasteiger partial charge in [0.15, 0.2) is 0 Å². The summed E-state index contributed by atoms with van der Waals surface area (Å²) >= 11 is 0. The number of carbonyl (C=O) groups excluding carboxylic acids is 1. The zero-order valence-corrected chi connectivity index (χ0v) is 17.4. The number of hydrogen-bond acceptors (Lipinski definition) is 8. The molecule has 2 heterocycles. The molecule has 1 amide bonds. The van der Waals surface area contributed by atoms with Crippen LogP contribution >= 0.6 is 0 Å². The van der Waals surface area contributed by atoms with E-state index in [1.54, 1.807) is 18.2 Å². The molecule has 0 radical (unpaired) electrons. The molecule has 1 saturated heterocycles. The second-order valence-electron chi connectivity index (χ2n) is 7.42. The summed E-state index contributed by atoms with van der Waals surface area (Å²) in [5, 5.41) is 14.1. The quantitative estimate of drug-likeness (QED) is 0.541. The molecule has 1 aromatic carbocycles. The van der Waals surface area contributed by atoms with Gasteiger partial charge in [0.2, 0.25) is 11.8 Å². The summed E-state index contributed by atoms with van der Waals surface area (Å²) in [5.74, 6) is 0.752. The van der Waals surface area contributed by atoms with E-state index in [9.17, 15) is 14.9 Å². The molecule has 0 atom stereocenters. The highest BCUT2D eigenvalue weighted by Crippen LogP contribution is 2.29. The molecule has 2 aromatic rings. The van der Waals surface area contributed by atoms with Crippen LogP contribution in [0.5, 0.6) is 5.88 Å². The number of hydrogen-bond donors (Lipinski definition) is 1. The van der Waals surface area contributed by atoms with Crippen molar-refractivity contribution in [1.82, 2.24) is 15.3 Å². The van der Waals surface area contributed by atoms with Gasteiger partial charge in [-0.05, 0) is 12.0 Å². The van der Waals surface area contributed by atoms with Crippen LogP contribution in [0.1, 0.15) is 24.2 Å². The van der Waals surface area contributed by atoms with Crippen molar-refractivity contribution in [2.75, 3.05) is 49.6 Å². The standard InChI is InChI=1S/C20H26N6O4/c1-14(2)12-21-18(27)15-13-22-20(23-19(15)30-3)25-10-8-24(9-11-25)16-6-4-5-7-17(16)26(28)29/h4-7,13-14H,8-12H2,1-3H3,(H,21,27). The molecule has 1 N–H and O–H groups in total. The number of aromatic nitrogens is 2. The minimum Gasteiger partial charge on any atom is -0.480 e. The average molecular weight is 414 g/mol. The van der Waals surface area contributed by atoms with Gasteiger partial charge in [0.1, 0.15) is 11.3 Å². The van der Waals surface area contributed by atoms with E-state index in [1.807, 2.05) is 23.6 Å². The highest BCUT2D eigenvalue weighted by molar-refractivity contribution is 5.96. The maximum absolute atomic E-state index is 12.4. The van der Waals surface area contributed by atoms with Crippen LogP contribution in [-0.4, -0.2) is 60.6 Å². The maximum Gasteiger partial charge on any atom is 0.292 e. The molecule has 1 aliphatic rings. The van der Waals surface area contributed by atoms with Crippen LogP contribution in [0.4, 0.5) is 17.3 Å². The van der Waals surface area contributed by atoms with E-state index in [4.69, 9.17) is 4.74 Å². The van der Waals surface area contributed by atoms with E-state index in [2.05, 4.69) is 15.3 Å². The first kappa shape index (κ1) is 21.3. The molecular weight excluding hydrogens is 388 g/mol. The molecule has 1 fully saturated rings. The van der Waals surface area contributed by atoms with Crippen molar-refractivity contribution < 1.29 is 14.5 Å². The number of para-hydroxylation sites is 2. The molecule has 0 bridgehead atoms. The Morgan fingerprint density at radius 1 is 1.23 bits per heavy atom. The van der Waals surface area contributed by atoms with Gasteiger partial charge in [-0.2, -0.15) is 4.98 Å². The van der Waals surface area contributed by atoms with Gasteiger partial charge in [0, 0.05) is 45.0 Å². The number of anilines is 2. The monoisotopic (exact) mass is 414 g/mol. The SMILES string of the molecule is COc1nc(N2CCN(c3ccccc3[N+](=O)[O-])CC2)ncc1C(=O)NCC(C)C. The number of nitro groups is 1. The van der Waals surface area contributed by atoms with Gasteiger partial charge in [0.25, 0.3) is 11.6 Å². The first-order valence-electron chi connectivity index (χ1n) is 9.83. The van der Waals surface area contributed by atoms with E-state index < -0.39 is 0 Å². The fraction of sp³-hybridized carbons (Fsp3) is 0.450. The van der Waals surface area contributed by atoms with E-state index >= 15 is 0 Å². The van der Waals surface area contributed by atoms with Gasteiger partial charge in [0.05, 0.1) is 12.0 Å². The second kappa shape index (κ2) is 9.38. The predicted molar refractivity (Wildman–Crippen MR) is 113 cm³/mol. The summed E-state index contributed by atoms with van der Waals surface area (Å²) < 4.78 is 5.31. The van der Waals surface area contributed by atoms with Crippen LogP contribution in [0.15, 0.2) is 30.5 Å². The smallest absolute Gasteiger partial charge is 0.292 e. The van der Waals surface area contributed by atoms with Crippen molar-refractivity contribution in [3.63, 3.8) is 0 Å². The Bertz CT molecular complexity index is 912. The Morgan fingerprint density at radius 3 is 2.53 bits per heavy atom. The van der Waals surface area contributed by atoms with Gasteiger partial charge < -0.3 is 19.9 Å². The maximum atomic E-state index is 12.4. The third-order valence-electron chi connectivity index (χ3n) is 4.83. The van der Waals surface area contributed by atoms with Crippen LogP contribution < -0.4 is 19.9 Å². The third-order valence-corrected chi connectivity index (χ3v) is 4.83. The van der Waals surface area contributed by atoms with Gasteiger partial charge >= 0.3 is 0 Å². The molecular formula is C20H26N6O4. The molecule has 10 heteroatoms. The Hall–Kier alpha value is -3.43. The number of piperazine rings is 1. The minimum atomic E-state index is -0.362. The van der Waals surface area contributed by atoms with E-state index in [-0.39, 0.29) is 22.4 Å². The number of nitrogens with one attached hydrogen (secondary N) is 1. The zero-order chi connectivity index (χ0) is 21.7. The number of carbonyl (C=O) groups is 1. The van der Waals surface area contributed by atoms with Crippen molar-refractivity contribution >= 4 is 23.2 Å². The number of nitrogens with zero attached hydrogens (tertiary/aromatic N) is 5. The minimum absolute atomic E-state index is 0.0978. The van der Waals surface area contributed by atoms with Crippen molar-refractivity contribution in [3.8, 4) is 5.88 Å². The molecule has 0 unspecified atom stereocenters. The molecule has 0 saturated carbocycles. The zero-order valence-electron chi connectivity index (χ0n) is 17.4. The lowest BCUT2D eigenvalue weighted by molar-refractivity contribution is -0.384. The lowest BCUT2D eigenvalue weighted by atomic mass is 10.2. The fourth-order valence-corrected chi connectivity index (χ4v) is 3.25. The van der Waals surface area contributed by atoms with Crippen LogP contribution in [0.25, 0.3) is 0 Å². The fourth-order valence-electron chi connectivity index (χ4n) is 3.25. The first-order chi connectivity index (χ1) is 14.4. The molecule has 0 spiro atoms. The van der Waals surface area contributed by atoms with E-state index in [0.717, 1.165) is 0 Å². The Morgan fingerprint density at radius 2 is 1.90 bits per heavy atom. The Kier molecular flexibility index (Phi) is 6.65. The van der Waals surface area contributed by atoms with Crippen LogP contribution in [0.2, 0.25) is 0 Å². The van der Waals surface area contributed by atoms with E-state index in [0.29, 0.717) is 55.8 Å². The highest BCUT2D eigenvalue weighted by Gasteiger charge is 2.25. The molecule has 1 aliphatic heterocycles. The predicted octanol–water partition coefficient (Wildman–Crippen LogP) is 2.11. The summed E-state index contributed by atoms with van der Waals surface area (Å²) in [6.45, 7) is 6.95. The molecule has 10 nitrogen and oxygen atoms in total. The average Bonchev–Trinajstić information content (AvgIpc) is 2.77. The molecule has 0 aliphatic carbocycles. The van der Waals surface area contributed by atoms with Gasteiger partial charge in [-0.25, -0.2) is 4.98 Å². The summed E-state index contributed by atoms with van der Waals surface area (Å²) in [7, 11) is 1.47. The number of amides is 1. The second-order valence-corrected chi connectivity index (χ2v) is 7.42. The lowest BCUT2D eigenvalue weighted by Gasteiger charge is -2.35. The Labute approximate surface area is 175 Å². The number of benzene rings is 1. The largest absolute Gasteiger partial charge is 0.480 e. The molecule has 1 aromatic heterocycles. The molecule has 30 heavy (non-hydrogen) atoms. The van der Waals surface area contributed by atoms with E-state index in [1.165, 1.54) is 19.4 Å². The third kappa shape index (κ3) is 4.76. The summed E-state index contributed by atoms with van der Waals surface area (Å²) in [6.07, 6.45) is 1.48. The van der Waals surface area contributed by atoms with Crippen LogP contribution in [-0.2, 0) is 0 Å². The number of methoxy groups -OCH3 is 1. The van der Waals surface area contributed by atoms with Crippen molar-refractivity contribution in [3.05, 3.63) is 46.1 Å². The number of ether oxygens (including phenoxy) is 1. The highest BCUT2D eigenvalue weighted by atomic mass is 16.6. The number of rotatable bonds is 7.